The molecular formula is C24H27N5O2. The van der Waals surface area contributed by atoms with Crippen molar-refractivity contribution in [2.24, 2.45) is 0 Å². The SMILES string of the molecule is CCc1cnc(N2CCC(N(C(=O)c3ccc(-c4cnco4)cc3)C3CC3)CC2)nc1. The molecule has 0 bridgehead atoms. The molecule has 1 amide bonds. The quantitative estimate of drug-likeness (QED) is 0.604. The highest BCUT2D eigenvalue weighted by Gasteiger charge is 2.39. The number of amides is 1. The molecule has 7 nitrogen and oxygen atoms in total. The number of anilines is 1. The minimum atomic E-state index is 0.133. The highest BCUT2D eigenvalue weighted by molar-refractivity contribution is 5.95. The minimum absolute atomic E-state index is 0.133. The molecule has 1 aliphatic heterocycles. The third-order valence-corrected chi connectivity index (χ3v) is 6.26. The summed E-state index contributed by atoms with van der Waals surface area (Å²) in [6, 6.07) is 8.29. The molecule has 1 saturated carbocycles. The van der Waals surface area contributed by atoms with E-state index < -0.39 is 0 Å². The first-order valence-electron chi connectivity index (χ1n) is 11.1. The maximum absolute atomic E-state index is 13.4. The molecule has 2 fully saturated rings. The van der Waals surface area contributed by atoms with Crippen LogP contribution < -0.4 is 4.90 Å². The van der Waals surface area contributed by atoms with Gasteiger partial charge >= 0.3 is 0 Å². The average molecular weight is 418 g/mol. The van der Waals surface area contributed by atoms with E-state index in [4.69, 9.17) is 4.42 Å². The van der Waals surface area contributed by atoms with E-state index >= 15 is 0 Å². The summed E-state index contributed by atoms with van der Waals surface area (Å²) >= 11 is 0. The van der Waals surface area contributed by atoms with Crippen molar-refractivity contribution in [1.29, 1.82) is 0 Å². The van der Waals surface area contributed by atoms with Crippen molar-refractivity contribution < 1.29 is 9.21 Å². The Morgan fingerprint density at radius 2 is 1.71 bits per heavy atom. The summed E-state index contributed by atoms with van der Waals surface area (Å²) < 4.78 is 5.35. The zero-order valence-electron chi connectivity index (χ0n) is 17.8. The van der Waals surface area contributed by atoms with Crippen LogP contribution in [0.4, 0.5) is 5.95 Å². The first-order chi connectivity index (χ1) is 15.2. The zero-order valence-corrected chi connectivity index (χ0v) is 17.8. The molecule has 5 rings (SSSR count). The van der Waals surface area contributed by atoms with Crippen LogP contribution in [0.3, 0.4) is 0 Å². The second kappa shape index (κ2) is 8.49. The van der Waals surface area contributed by atoms with E-state index in [9.17, 15) is 4.79 Å². The van der Waals surface area contributed by atoms with Crippen molar-refractivity contribution in [2.45, 2.75) is 51.1 Å². The maximum Gasteiger partial charge on any atom is 0.254 e. The Morgan fingerprint density at radius 1 is 1.03 bits per heavy atom. The maximum atomic E-state index is 13.4. The Kier molecular flexibility index (Phi) is 5.40. The number of aryl methyl sites for hydroxylation is 1. The van der Waals surface area contributed by atoms with E-state index in [2.05, 4.69) is 31.7 Å². The van der Waals surface area contributed by atoms with E-state index in [1.54, 1.807) is 6.20 Å². The molecule has 7 heteroatoms. The van der Waals surface area contributed by atoms with Gasteiger partial charge in [0.05, 0.1) is 6.20 Å². The number of carbonyl (C=O) groups is 1. The van der Waals surface area contributed by atoms with Crippen LogP contribution in [-0.2, 0) is 6.42 Å². The van der Waals surface area contributed by atoms with Gasteiger partial charge < -0.3 is 14.2 Å². The van der Waals surface area contributed by atoms with Crippen LogP contribution in [-0.4, -0.2) is 50.9 Å². The fraction of sp³-hybridized carbons (Fsp3) is 0.417. The lowest BCUT2D eigenvalue weighted by atomic mass is 10.0. The molecular weight excluding hydrogens is 390 g/mol. The number of hydrogen-bond acceptors (Lipinski definition) is 6. The van der Waals surface area contributed by atoms with E-state index in [1.165, 1.54) is 6.39 Å². The predicted molar refractivity (Wildman–Crippen MR) is 118 cm³/mol. The number of oxazole rings is 1. The van der Waals surface area contributed by atoms with Gasteiger partial charge in [-0.25, -0.2) is 15.0 Å². The van der Waals surface area contributed by atoms with Gasteiger partial charge in [0, 0.05) is 48.7 Å². The molecule has 1 aliphatic carbocycles. The van der Waals surface area contributed by atoms with Gasteiger partial charge in [-0.05, 0) is 49.8 Å². The highest BCUT2D eigenvalue weighted by Crippen LogP contribution is 2.34. The number of benzene rings is 1. The van der Waals surface area contributed by atoms with Gasteiger partial charge in [-0.1, -0.05) is 19.1 Å². The van der Waals surface area contributed by atoms with Crippen molar-refractivity contribution in [3.05, 3.63) is 60.4 Å². The summed E-state index contributed by atoms with van der Waals surface area (Å²) in [6.45, 7) is 3.85. The van der Waals surface area contributed by atoms with Crippen LogP contribution in [0.5, 0.6) is 0 Å². The van der Waals surface area contributed by atoms with Crippen molar-refractivity contribution in [1.82, 2.24) is 19.9 Å². The van der Waals surface area contributed by atoms with Gasteiger partial charge in [-0.15, -0.1) is 0 Å². The Hall–Kier alpha value is -3.22. The fourth-order valence-electron chi connectivity index (χ4n) is 4.30. The average Bonchev–Trinajstić information content (AvgIpc) is 3.51. The normalized spacial score (nSPS) is 17.0. The third kappa shape index (κ3) is 4.17. The Labute approximate surface area is 182 Å². The van der Waals surface area contributed by atoms with Crippen molar-refractivity contribution in [2.75, 3.05) is 18.0 Å². The molecule has 1 aromatic carbocycles. The van der Waals surface area contributed by atoms with Gasteiger partial charge in [0.1, 0.15) is 0 Å². The van der Waals surface area contributed by atoms with E-state index in [0.717, 1.165) is 67.8 Å². The topological polar surface area (TPSA) is 75.4 Å². The number of carbonyl (C=O) groups excluding carboxylic acids is 1. The molecule has 0 radical (unpaired) electrons. The fourth-order valence-corrected chi connectivity index (χ4v) is 4.30. The molecule has 2 aliphatic rings. The lowest BCUT2D eigenvalue weighted by molar-refractivity contribution is 0.0630. The summed E-state index contributed by atoms with van der Waals surface area (Å²) in [5, 5.41) is 0. The summed E-state index contributed by atoms with van der Waals surface area (Å²) in [4.78, 5) is 30.8. The Morgan fingerprint density at radius 3 is 2.29 bits per heavy atom. The standard InChI is InChI=1S/C24H27N5O2/c1-2-17-13-26-24(27-14-17)28-11-9-21(10-12-28)29(20-7-8-20)23(30)19-5-3-18(4-6-19)22-15-25-16-31-22/h3-6,13-16,20-21H,2,7-12H2,1H3. The zero-order chi connectivity index (χ0) is 21.2. The monoisotopic (exact) mass is 417 g/mol. The van der Waals surface area contributed by atoms with Gasteiger partial charge in [0.25, 0.3) is 5.91 Å². The molecule has 3 heterocycles. The van der Waals surface area contributed by atoms with Crippen LogP contribution >= 0.6 is 0 Å². The van der Waals surface area contributed by atoms with Gasteiger partial charge in [0.2, 0.25) is 5.95 Å². The lowest BCUT2D eigenvalue weighted by Crippen LogP contribution is -2.48. The van der Waals surface area contributed by atoms with Gasteiger partial charge in [-0.3, -0.25) is 4.79 Å². The highest BCUT2D eigenvalue weighted by atomic mass is 16.3. The summed E-state index contributed by atoms with van der Waals surface area (Å²) in [5.74, 6) is 1.64. The summed E-state index contributed by atoms with van der Waals surface area (Å²) in [5.41, 5.74) is 2.81. The van der Waals surface area contributed by atoms with Crippen LogP contribution in [0.1, 0.15) is 48.5 Å². The number of nitrogens with zero attached hydrogens (tertiary/aromatic N) is 5. The number of piperidine rings is 1. The Bertz CT molecular complexity index is 1010. The van der Waals surface area contributed by atoms with Crippen molar-refractivity contribution in [3.8, 4) is 11.3 Å². The second-order valence-corrected chi connectivity index (χ2v) is 8.35. The number of rotatable bonds is 6. The molecule has 3 aromatic rings. The molecule has 0 N–H and O–H groups in total. The van der Waals surface area contributed by atoms with Crippen LogP contribution in [0.25, 0.3) is 11.3 Å². The molecule has 2 aromatic heterocycles. The number of aromatic nitrogens is 3. The molecule has 0 atom stereocenters. The molecule has 1 saturated heterocycles. The predicted octanol–water partition coefficient (Wildman–Crippen LogP) is 3.97. The minimum Gasteiger partial charge on any atom is -0.444 e. The smallest absolute Gasteiger partial charge is 0.254 e. The van der Waals surface area contributed by atoms with Crippen LogP contribution in [0, 0.1) is 0 Å². The third-order valence-electron chi connectivity index (χ3n) is 6.26. The summed E-state index contributed by atoms with van der Waals surface area (Å²) in [7, 11) is 0. The van der Waals surface area contributed by atoms with Gasteiger partial charge in [0.15, 0.2) is 12.2 Å². The first-order valence-corrected chi connectivity index (χ1v) is 11.1. The van der Waals surface area contributed by atoms with Crippen molar-refractivity contribution in [3.63, 3.8) is 0 Å². The largest absolute Gasteiger partial charge is 0.444 e. The first kappa shape index (κ1) is 19.7. The van der Waals surface area contributed by atoms with E-state index in [-0.39, 0.29) is 11.9 Å². The van der Waals surface area contributed by atoms with E-state index in [1.807, 2.05) is 36.7 Å². The Balaban J connectivity index is 1.26. The molecule has 0 spiro atoms. The molecule has 31 heavy (non-hydrogen) atoms. The molecule has 160 valence electrons. The van der Waals surface area contributed by atoms with Crippen LogP contribution in [0.2, 0.25) is 0 Å². The van der Waals surface area contributed by atoms with Crippen LogP contribution in [0.15, 0.2) is 53.7 Å². The van der Waals surface area contributed by atoms with E-state index in [0.29, 0.717) is 11.8 Å². The number of hydrogen-bond donors (Lipinski definition) is 0. The molecule has 0 unspecified atom stereocenters. The lowest BCUT2D eigenvalue weighted by Gasteiger charge is -2.39. The second-order valence-electron chi connectivity index (χ2n) is 8.35. The van der Waals surface area contributed by atoms with Crippen molar-refractivity contribution >= 4 is 11.9 Å². The van der Waals surface area contributed by atoms with Gasteiger partial charge in [-0.2, -0.15) is 0 Å². The summed E-state index contributed by atoms with van der Waals surface area (Å²) in [6.07, 6.45) is 12.0.